The van der Waals surface area contributed by atoms with E-state index in [4.69, 9.17) is 0 Å². The summed E-state index contributed by atoms with van der Waals surface area (Å²) in [6, 6.07) is 8.32. The molecule has 0 saturated heterocycles. The fraction of sp³-hybridized carbons (Fsp3) is 0.200. The lowest BCUT2D eigenvalue weighted by molar-refractivity contribution is -0.143. The summed E-state index contributed by atoms with van der Waals surface area (Å²) in [5, 5.41) is 5.60. The zero-order chi connectivity index (χ0) is 24.4. The highest BCUT2D eigenvalue weighted by Crippen LogP contribution is 2.35. The molecule has 0 unspecified atom stereocenters. The van der Waals surface area contributed by atoms with E-state index in [2.05, 4.69) is 15.2 Å². The van der Waals surface area contributed by atoms with Crippen LogP contribution in [0.25, 0.3) is 5.69 Å². The van der Waals surface area contributed by atoms with Crippen LogP contribution >= 0.6 is 0 Å². The monoisotopic (exact) mass is 479 g/mol. The van der Waals surface area contributed by atoms with Crippen LogP contribution < -0.4 is 10.1 Å². The van der Waals surface area contributed by atoms with Gasteiger partial charge in [-0.3, -0.25) is 4.79 Å². The molecule has 0 saturated carbocycles. The molecule has 0 bridgehead atoms. The number of amides is 1. The third-order valence-corrected chi connectivity index (χ3v) is 4.33. The molecule has 176 valence electrons. The standard InChI is InChI=1S/C20H13F8N3O2/c21-18(22)33-15-7-2-1-4-11(15)9-29-17(32)14-10-30-31(16(14)20(26,27)28)13-6-3-5-12(8-13)19(23,24)25/h1-8,10,18H,9H2,(H,29,32). The average molecular weight is 479 g/mol. The number of alkyl halides is 8. The van der Waals surface area contributed by atoms with Gasteiger partial charge in [-0.25, -0.2) is 4.68 Å². The molecule has 0 aliphatic carbocycles. The number of halogens is 8. The molecule has 1 aromatic heterocycles. The van der Waals surface area contributed by atoms with Gasteiger partial charge in [0.05, 0.1) is 23.0 Å². The van der Waals surface area contributed by atoms with E-state index in [-0.39, 0.29) is 16.0 Å². The van der Waals surface area contributed by atoms with E-state index in [1.807, 2.05) is 0 Å². The highest BCUT2D eigenvalue weighted by Gasteiger charge is 2.41. The molecule has 0 aliphatic heterocycles. The minimum Gasteiger partial charge on any atom is -0.434 e. The molecule has 13 heteroatoms. The Balaban J connectivity index is 1.93. The Morgan fingerprint density at radius 3 is 2.33 bits per heavy atom. The number of rotatable bonds is 6. The second-order valence-corrected chi connectivity index (χ2v) is 6.53. The lowest BCUT2D eigenvalue weighted by Gasteiger charge is -2.15. The van der Waals surface area contributed by atoms with Gasteiger partial charge >= 0.3 is 19.0 Å². The predicted molar refractivity (Wildman–Crippen MR) is 97.8 cm³/mol. The first-order valence-corrected chi connectivity index (χ1v) is 9.01. The van der Waals surface area contributed by atoms with E-state index in [0.717, 1.165) is 12.1 Å². The maximum atomic E-state index is 13.7. The topological polar surface area (TPSA) is 56.1 Å². The van der Waals surface area contributed by atoms with Crippen LogP contribution in [0, 0.1) is 0 Å². The summed E-state index contributed by atoms with van der Waals surface area (Å²) >= 11 is 0. The molecule has 5 nitrogen and oxygen atoms in total. The summed E-state index contributed by atoms with van der Waals surface area (Å²) in [5.74, 6) is -1.56. The van der Waals surface area contributed by atoms with E-state index in [0.29, 0.717) is 18.3 Å². The van der Waals surface area contributed by atoms with Crippen molar-refractivity contribution in [1.82, 2.24) is 15.1 Å². The average Bonchev–Trinajstić information content (AvgIpc) is 3.18. The van der Waals surface area contributed by atoms with Crippen LogP contribution in [0.1, 0.15) is 27.2 Å². The van der Waals surface area contributed by atoms with E-state index in [1.165, 1.54) is 24.3 Å². The lowest BCUT2D eigenvalue weighted by atomic mass is 10.1. The van der Waals surface area contributed by atoms with Crippen molar-refractivity contribution in [3.8, 4) is 11.4 Å². The van der Waals surface area contributed by atoms with Gasteiger partial charge in [0.2, 0.25) is 0 Å². The Bertz CT molecular complexity index is 1140. The minimum absolute atomic E-state index is 0.0602. The van der Waals surface area contributed by atoms with Crippen molar-refractivity contribution < 1.29 is 44.7 Å². The summed E-state index contributed by atoms with van der Waals surface area (Å²) < 4.78 is 110. The molecular weight excluding hydrogens is 466 g/mol. The summed E-state index contributed by atoms with van der Waals surface area (Å²) in [5.41, 5.74) is -4.27. The number of nitrogens with zero attached hydrogens (tertiary/aromatic N) is 2. The van der Waals surface area contributed by atoms with Crippen LogP contribution in [0.4, 0.5) is 35.1 Å². The predicted octanol–water partition coefficient (Wildman–Crippen LogP) is 5.44. The van der Waals surface area contributed by atoms with Gasteiger partial charge < -0.3 is 10.1 Å². The van der Waals surface area contributed by atoms with Gasteiger partial charge in [0.25, 0.3) is 5.91 Å². The van der Waals surface area contributed by atoms with Crippen molar-refractivity contribution in [2.24, 2.45) is 0 Å². The maximum Gasteiger partial charge on any atom is 0.434 e. The molecule has 0 aliphatic rings. The van der Waals surface area contributed by atoms with Gasteiger partial charge in [-0.15, -0.1) is 0 Å². The van der Waals surface area contributed by atoms with Gasteiger partial charge in [0.1, 0.15) is 5.75 Å². The molecular formula is C20H13F8N3O2. The SMILES string of the molecule is O=C(NCc1ccccc1OC(F)F)c1cnn(-c2cccc(C(F)(F)F)c2)c1C(F)(F)F. The first-order chi connectivity index (χ1) is 15.4. The molecule has 2 aromatic carbocycles. The van der Waals surface area contributed by atoms with Gasteiger partial charge in [0, 0.05) is 12.1 Å². The normalized spacial score (nSPS) is 12.2. The fourth-order valence-corrected chi connectivity index (χ4v) is 2.93. The van der Waals surface area contributed by atoms with Crippen LogP contribution in [-0.2, 0) is 18.9 Å². The molecule has 0 atom stereocenters. The Labute approximate surface area is 180 Å². The van der Waals surface area contributed by atoms with Crippen molar-refractivity contribution in [2.75, 3.05) is 0 Å². The molecule has 0 fully saturated rings. The van der Waals surface area contributed by atoms with E-state index in [9.17, 15) is 39.9 Å². The zero-order valence-electron chi connectivity index (χ0n) is 16.2. The Hall–Kier alpha value is -3.64. The number of para-hydroxylation sites is 1. The number of carbonyl (C=O) groups is 1. The highest BCUT2D eigenvalue weighted by molar-refractivity contribution is 5.95. The Kier molecular flexibility index (Phi) is 6.60. The largest absolute Gasteiger partial charge is 0.434 e. The van der Waals surface area contributed by atoms with Gasteiger partial charge in [-0.1, -0.05) is 24.3 Å². The van der Waals surface area contributed by atoms with Crippen molar-refractivity contribution in [3.63, 3.8) is 0 Å². The number of hydrogen-bond donors (Lipinski definition) is 1. The fourth-order valence-electron chi connectivity index (χ4n) is 2.93. The van der Waals surface area contributed by atoms with Gasteiger partial charge in [-0.05, 0) is 24.3 Å². The number of hydrogen-bond acceptors (Lipinski definition) is 3. The minimum atomic E-state index is -5.16. The molecule has 0 radical (unpaired) electrons. The molecule has 3 rings (SSSR count). The maximum absolute atomic E-state index is 13.7. The Morgan fingerprint density at radius 1 is 1.00 bits per heavy atom. The first-order valence-electron chi connectivity index (χ1n) is 9.01. The third-order valence-electron chi connectivity index (χ3n) is 4.33. The van der Waals surface area contributed by atoms with Crippen molar-refractivity contribution in [1.29, 1.82) is 0 Å². The summed E-state index contributed by atoms with van der Waals surface area (Å²) in [4.78, 5) is 12.5. The number of aromatic nitrogens is 2. The van der Waals surface area contributed by atoms with E-state index in [1.54, 1.807) is 0 Å². The van der Waals surface area contributed by atoms with E-state index < -0.39 is 53.9 Å². The van der Waals surface area contributed by atoms with Gasteiger partial charge in [0.15, 0.2) is 5.69 Å². The van der Waals surface area contributed by atoms with Gasteiger partial charge in [-0.2, -0.15) is 40.2 Å². The van der Waals surface area contributed by atoms with Crippen molar-refractivity contribution >= 4 is 5.91 Å². The molecule has 1 N–H and O–H groups in total. The second-order valence-electron chi connectivity index (χ2n) is 6.53. The van der Waals surface area contributed by atoms with Crippen LogP contribution in [0.15, 0.2) is 54.7 Å². The summed E-state index contributed by atoms with van der Waals surface area (Å²) in [6.45, 7) is -3.63. The molecule has 0 spiro atoms. The molecule has 1 amide bonds. The van der Waals surface area contributed by atoms with Crippen LogP contribution in [0.3, 0.4) is 0 Å². The Morgan fingerprint density at radius 2 is 1.70 bits per heavy atom. The number of ether oxygens (including phenoxy) is 1. The first kappa shape index (κ1) is 24.0. The summed E-state index contributed by atoms with van der Waals surface area (Å²) in [6.07, 6.45) is -9.41. The van der Waals surface area contributed by atoms with Crippen LogP contribution in [-0.4, -0.2) is 22.3 Å². The number of nitrogens with one attached hydrogen (secondary N) is 1. The van der Waals surface area contributed by atoms with E-state index >= 15 is 0 Å². The lowest BCUT2D eigenvalue weighted by Crippen LogP contribution is -2.26. The number of benzene rings is 2. The molecule has 33 heavy (non-hydrogen) atoms. The molecule has 3 aromatic rings. The van der Waals surface area contributed by atoms with Crippen molar-refractivity contribution in [2.45, 2.75) is 25.5 Å². The zero-order valence-corrected chi connectivity index (χ0v) is 16.2. The van der Waals surface area contributed by atoms with Crippen molar-refractivity contribution in [3.05, 3.63) is 77.1 Å². The van der Waals surface area contributed by atoms with Crippen LogP contribution in [0.2, 0.25) is 0 Å². The highest BCUT2D eigenvalue weighted by atomic mass is 19.4. The second kappa shape index (κ2) is 9.08. The third kappa shape index (κ3) is 5.59. The van der Waals surface area contributed by atoms with Crippen LogP contribution in [0.5, 0.6) is 5.75 Å². The molecule has 1 heterocycles. The smallest absolute Gasteiger partial charge is 0.434 e. The quantitative estimate of drug-likeness (QED) is 0.479. The number of carbonyl (C=O) groups excluding carboxylic acids is 1. The summed E-state index contributed by atoms with van der Waals surface area (Å²) in [7, 11) is 0.